The Bertz CT molecular complexity index is 1090. The second kappa shape index (κ2) is 10.2. The van der Waals surface area contributed by atoms with E-state index in [2.05, 4.69) is 5.32 Å². The van der Waals surface area contributed by atoms with Crippen LogP contribution < -0.4 is 10.9 Å². The van der Waals surface area contributed by atoms with Crippen molar-refractivity contribution < 1.29 is 19.4 Å². The summed E-state index contributed by atoms with van der Waals surface area (Å²) < 4.78 is 6.36. The van der Waals surface area contributed by atoms with E-state index in [4.69, 9.17) is 4.74 Å². The van der Waals surface area contributed by atoms with Crippen molar-refractivity contribution in [2.75, 3.05) is 5.32 Å². The summed E-state index contributed by atoms with van der Waals surface area (Å²) in [5.41, 5.74) is 1.85. The molecule has 1 heterocycles. The molecule has 3 aromatic rings. The molecule has 0 aliphatic carbocycles. The second-order valence-electron chi connectivity index (χ2n) is 7.10. The van der Waals surface area contributed by atoms with Gasteiger partial charge in [-0.25, -0.2) is 9.59 Å². The number of aryl methyl sites for hydroxylation is 2. The molecule has 0 radical (unpaired) electrons. The number of aromatic nitrogens is 1. The maximum absolute atomic E-state index is 13.0. The molecule has 0 aliphatic heterocycles. The van der Waals surface area contributed by atoms with E-state index in [0.29, 0.717) is 18.5 Å². The topological polar surface area (TPSA) is 97.6 Å². The van der Waals surface area contributed by atoms with Gasteiger partial charge in [-0.2, -0.15) is 0 Å². The molecule has 0 aliphatic rings. The molecule has 7 heteroatoms. The minimum absolute atomic E-state index is 0.0328. The fourth-order valence-corrected chi connectivity index (χ4v) is 3.21. The number of carboxylic acid groups (broad SMARTS) is 1. The molecule has 0 spiro atoms. The van der Waals surface area contributed by atoms with Gasteiger partial charge in [0.1, 0.15) is 18.3 Å². The Morgan fingerprint density at radius 2 is 1.55 bits per heavy atom. The predicted octanol–water partition coefficient (Wildman–Crippen LogP) is 4.03. The lowest BCUT2D eigenvalue weighted by molar-refractivity contribution is -0.140. The smallest absolute Gasteiger partial charge is 0.412 e. The first kappa shape index (κ1) is 21.8. The minimum atomic E-state index is -1.13. The van der Waals surface area contributed by atoms with Crippen molar-refractivity contribution in [3.8, 4) is 0 Å². The van der Waals surface area contributed by atoms with Gasteiger partial charge in [0.25, 0.3) is 5.56 Å². The van der Waals surface area contributed by atoms with Crippen LogP contribution in [0.25, 0.3) is 0 Å². The fourth-order valence-electron chi connectivity index (χ4n) is 3.21. The van der Waals surface area contributed by atoms with Gasteiger partial charge in [-0.05, 0) is 43.0 Å². The van der Waals surface area contributed by atoms with Crippen LogP contribution in [0.5, 0.6) is 0 Å². The number of pyridine rings is 1. The Morgan fingerprint density at radius 3 is 2.16 bits per heavy atom. The summed E-state index contributed by atoms with van der Waals surface area (Å²) in [5.74, 6) is -1.13. The van der Waals surface area contributed by atoms with Gasteiger partial charge in [0, 0.05) is 5.69 Å². The molecule has 1 aromatic heterocycles. The van der Waals surface area contributed by atoms with Crippen LogP contribution in [-0.4, -0.2) is 21.7 Å². The highest BCUT2D eigenvalue weighted by Crippen LogP contribution is 2.15. The molecule has 0 saturated heterocycles. The highest BCUT2D eigenvalue weighted by molar-refractivity contribution is 5.84. The molecule has 0 fully saturated rings. The van der Waals surface area contributed by atoms with Crippen LogP contribution in [0.4, 0.5) is 10.5 Å². The second-order valence-corrected chi connectivity index (χ2v) is 7.10. The maximum Gasteiger partial charge on any atom is 0.412 e. The number of nitrogens with one attached hydrogen (secondary N) is 1. The van der Waals surface area contributed by atoms with Gasteiger partial charge in [0.2, 0.25) is 0 Å². The first-order valence-corrected chi connectivity index (χ1v) is 9.94. The highest BCUT2D eigenvalue weighted by atomic mass is 16.5. The van der Waals surface area contributed by atoms with E-state index >= 15 is 0 Å². The molecule has 2 N–H and O–H groups in total. The molecule has 0 saturated carbocycles. The van der Waals surface area contributed by atoms with Crippen LogP contribution in [0, 0.1) is 0 Å². The zero-order valence-corrected chi connectivity index (χ0v) is 17.2. The quantitative estimate of drug-likeness (QED) is 0.573. The molecule has 1 unspecified atom stereocenters. The van der Waals surface area contributed by atoms with E-state index < -0.39 is 23.7 Å². The van der Waals surface area contributed by atoms with Gasteiger partial charge in [0.05, 0.1) is 0 Å². The zero-order valence-electron chi connectivity index (χ0n) is 17.2. The number of aliphatic carboxylic acids is 1. The molecule has 3 rings (SSSR count). The largest absolute Gasteiger partial charge is 0.480 e. The van der Waals surface area contributed by atoms with Crippen LogP contribution in [-0.2, 0) is 29.0 Å². The van der Waals surface area contributed by atoms with E-state index in [1.807, 2.05) is 60.7 Å². The molecule has 160 valence electrons. The molecular formula is C24H24N2O5. The van der Waals surface area contributed by atoms with Crippen molar-refractivity contribution in [3.05, 3.63) is 100.0 Å². The summed E-state index contributed by atoms with van der Waals surface area (Å²) in [6, 6.07) is 20.9. The zero-order chi connectivity index (χ0) is 22.2. The third-order valence-corrected chi connectivity index (χ3v) is 4.91. The normalized spacial score (nSPS) is 11.5. The maximum atomic E-state index is 13.0. The molecule has 1 atom stereocenters. The number of nitrogens with zero attached hydrogens (tertiary/aromatic N) is 1. The van der Waals surface area contributed by atoms with Crippen molar-refractivity contribution >= 4 is 17.7 Å². The van der Waals surface area contributed by atoms with E-state index in [9.17, 15) is 19.5 Å². The Hall–Kier alpha value is -3.87. The summed E-state index contributed by atoms with van der Waals surface area (Å²) in [6.07, 6.45) is 0.348. The Balaban J connectivity index is 1.78. The summed E-state index contributed by atoms with van der Waals surface area (Å²) in [7, 11) is 0. The van der Waals surface area contributed by atoms with Crippen molar-refractivity contribution in [1.29, 1.82) is 0 Å². The van der Waals surface area contributed by atoms with E-state index in [0.717, 1.165) is 11.1 Å². The summed E-state index contributed by atoms with van der Waals surface area (Å²) >= 11 is 0. The van der Waals surface area contributed by atoms with Crippen LogP contribution in [0.15, 0.2) is 77.6 Å². The monoisotopic (exact) mass is 420 g/mol. The Morgan fingerprint density at radius 1 is 0.935 bits per heavy atom. The van der Waals surface area contributed by atoms with Crippen molar-refractivity contribution in [2.24, 2.45) is 0 Å². The van der Waals surface area contributed by atoms with Crippen molar-refractivity contribution in [2.45, 2.75) is 32.4 Å². The summed E-state index contributed by atoms with van der Waals surface area (Å²) in [6.45, 7) is 1.49. The number of benzene rings is 2. The lowest BCUT2D eigenvalue weighted by atomic mass is 10.1. The minimum Gasteiger partial charge on any atom is -0.480 e. The van der Waals surface area contributed by atoms with Crippen LogP contribution >= 0.6 is 0 Å². The molecular weight excluding hydrogens is 396 g/mol. The average Bonchev–Trinajstić information content (AvgIpc) is 2.79. The number of hydrogen-bond donors (Lipinski definition) is 2. The fraction of sp³-hybridized carbons (Fsp3) is 0.208. The highest BCUT2D eigenvalue weighted by Gasteiger charge is 2.21. The lowest BCUT2D eigenvalue weighted by Crippen LogP contribution is -2.33. The van der Waals surface area contributed by atoms with Gasteiger partial charge < -0.3 is 9.84 Å². The van der Waals surface area contributed by atoms with E-state index in [1.54, 1.807) is 6.07 Å². The molecule has 2 aromatic carbocycles. The average molecular weight is 420 g/mol. The first-order chi connectivity index (χ1) is 15.0. The Labute approximate surface area is 179 Å². The summed E-state index contributed by atoms with van der Waals surface area (Å²) in [4.78, 5) is 36.7. The number of carbonyl (C=O) groups is 2. The van der Waals surface area contributed by atoms with E-state index in [1.165, 1.54) is 17.6 Å². The number of anilines is 1. The third-order valence-electron chi connectivity index (χ3n) is 4.91. The molecule has 7 nitrogen and oxygen atoms in total. The number of rotatable bonds is 8. The summed E-state index contributed by atoms with van der Waals surface area (Å²) in [5, 5.41) is 11.9. The van der Waals surface area contributed by atoms with Gasteiger partial charge in [-0.1, -0.05) is 60.7 Å². The number of hydrogen-bond acceptors (Lipinski definition) is 4. The standard InChI is InChI=1S/C24H24N2O5/c1-17(23(28)29)26-20(13-12-18-8-4-2-5-9-18)14-15-21(22(26)27)25-24(30)31-16-19-10-6-3-7-11-19/h2-11,14-15,17H,12-13,16H2,1H3,(H,25,30)(H,28,29). The van der Waals surface area contributed by atoms with Gasteiger partial charge >= 0.3 is 12.1 Å². The van der Waals surface area contributed by atoms with Gasteiger partial charge in [0.15, 0.2) is 0 Å². The van der Waals surface area contributed by atoms with Gasteiger partial charge in [-0.15, -0.1) is 0 Å². The predicted molar refractivity (Wildman–Crippen MR) is 117 cm³/mol. The SMILES string of the molecule is CC(C(=O)O)n1c(CCc2ccccc2)ccc(NC(=O)OCc2ccccc2)c1=O. The van der Waals surface area contributed by atoms with Crippen LogP contribution in [0.1, 0.15) is 29.8 Å². The Kier molecular flexibility index (Phi) is 7.22. The first-order valence-electron chi connectivity index (χ1n) is 9.94. The molecule has 1 amide bonds. The number of amides is 1. The van der Waals surface area contributed by atoms with Crippen LogP contribution in [0.3, 0.4) is 0 Å². The lowest BCUT2D eigenvalue weighted by Gasteiger charge is -2.18. The van der Waals surface area contributed by atoms with Crippen molar-refractivity contribution in [3.63, 3.8) is 0 Å². The van der Waals surface area contributed by atoms with Crippen molar-refractivity contribution in [1.82, 2.24) is 4.57 Å². The molecule has 31 heavy (non-hydrogen) atoms. The van der Waals surface area contributed by atoms with E-state index in [-0.39, 0.29) is 12.3 Å². The third kappa shape index (κ3) is 5.82. The van der Waals surface area contributed by atoms with Gasteiger partial charge in [-0.3, -0.25) is 14.7 Å². The molecule has 0 bridgehead atoms. The number of ether oxygens (including phenoxy) is 1. The van der Waals surface area contributed by atoms with Crippen LogP contribution in [0.2, 0.25) is 0 Å². The number of carbonyl (C=O) groups excluding carboxylic acids is 1. The number of carboxylic acids is 1.